The largest absolute Gasteiger partial charge is 0.465 e. The van der Waals surface area contributed by atoms with Gasteiger partial charge in [-0.2, -0.15) is 0 Å². The number of ether oxygens (including phenoxy) is 1. The number of rotatable bonds is 7. The molecule has 0 radical (unpaired) electrons. The summed E-state index contributed by atoms with van der Waals surface area (Å²) >= 11 is 1.51. The van der Waals surface area contributed by atoms with Crippen molar-refractivity contribution >= 4 is 30.0 Å². The molecule has 0 bridgehead atoms. The highest BCUT2D eigenvalue weighted by atomic mass is 32.1. The maximum absolute atomic E-state index is 10.6. The van der Waals surface area contributed by atoms with Crippen LogP contribution in [0.2, 0.25) is 0 Å². The molecule has 0 fully saturated rings. The molecule has 0 amide bonds. The van der Waals surface area contributed by atoms with Gasteiger partial charge in [-0.05, 0) is 18.6 Å². The van der Waals surface area contributed by atoms with Gasteiger partial charge in [0.2, 0.25) is 0 Å². The van der Waals surface area contributed by atoms with Gasteiger partial charge in [0.05, 0.1) is 22.3 Å². The zero-order valence-electron chi connectivity index (χ0n) is 13.1. The standard InChI is InChI=1S/C17H16N4O2S/c1-13-17(24-11-18-13)16(10-23-12-22)21-9-15(19-20-21)8-7-14-5-3-2-4-6-14/h2-9,11-12,16H,10H2,1H3. The van der Waals surface area contributed by atoms with Crippen LogP contribution in [-0.4, -0.2) is 33.1 Å². The normalized spacial score (nSPS) is 12.4. The molecule has 3 rings (SSSR count). The molecule has 2 aromatic heterocycles. The molecule has 2 heterocycles. The van der Waals surface area contributed by atoms with Gasteiger partial charge in [0.15, 0.2) is 0 Å². The first-order valence-corrected chi connectivity index (χ1v) is 8.26. The minimum atomic E-state index is -0.228. The second-order valence-electron chi connectivity index (χ2n) is 5.11. The lowest BCUT2D eigenvalue weighted by Crippen LogP contribution is -2.17. The highest BCUT2D eigenvalue weighted by Crippen LogP contribution is 2.25. The third-order valence-corrected chi connectivity index (χ3v) is 4.53. The van der Waals surface area contributed by atoms with Gasteiger partial charge in [0, 0.05) is 0 Å². The van der Waals surface area contributed by atoms with Gasteiger partial charge >= 0.3 is 0 Å². The van der Waals surface area contributed by atoms with Gasteiger partial charge in [-0.3, -0.25) is 4.79 Å². The quantitative estimate of drug-likeness (QED) is 0.619. The minimum Gasteiger partial charge on any atom is -0.465 e. The molecule has 1 aromatic carbocycles. The fourth-order valence-electron chi connectivity index (χ4n) is 2.30. The van der Waals surface area contributed by atoms with Crippen molar-refractivity contribution in [3.05, 3.63) is 63.9 Å². The predicted octanol–water partition coefficient (Wildman–Crippen LogP) is 2.98. The lowest BCUT2D eigenvalue weighted by molar-refractivity contribution is -0.129. The van der Waals surface area contributed by atoms with Crippen molar-refractivity contribution in [2.75, 3.05) is 6.61 Å². The van der Waals surface area contributed by atoms with Crippen LogP contribution < -0.4 is 0 Å². The zero-order chi connectivity index (χ0) is 16.8. The molecule has 0 aliphatic rings. The molecule has 3 aromatic rings. The van der Waals surface area contributed by atoms with E-state index in [0.717, 1.165) is 21.8 Å². The Morgan fingerprint density at radius 2 is 2.12 bits per heavy atom. The first kappa shape index (κ1) is 16.1. The van der Waals surface area contributed by atoms with E-state index >= 15 is 0 Å². The number of thiazole rings is 1. The topological polar surface area (TPSA) is 69.9 Å². The van der Waals surface area contributed by atoms with Crippen molar-refractivity contribution in [3.8, 4) is 0 Å². The van der Waals surface area contributed by atoms with Crippen LogP contribution in [0.15, 0.2) is 42.0 Å². The second kappa shape index (κ2) is 7.65. The van der Waals surface area contributed by atoms with Crippen molar-refractivity contribution in [2.45, 2.75) is 13.0 Å². The molecule has 122 valence electrons. The summed E-state index contributed by atoms with van der Waals surface area (Å²) in [6.07, 6.45) is 5.71. The first-order valence-electron chi connectivity index (χ1n) is 7.38. The number of hydrogen-bond acceptors (Lipinski definition) is 6. The van der Waals surface area contributed by atoms with Crippen molar-refractivity contribution in [1.82, 2.24) is 20.0 Å². The van der Waals surface area contributed by atoms with Gasteiger partial charge in [0.1, 0.15) is 18.3 Å². The molecule has 6 nitrogen and oxygen atoms in total. The van der Waals surface area contributed by atoms with E-state index in [0.29, 0.717) is 6.47 Å². The second-order valence-corrected chi connectivity index (χ2v) is 6.00. The molecule has 0 saturated carbocycles. The molecule has 0 saturated heterocycles. The number of carbonyl (C=O) groups excluding carboxylic acids is 1. The summed E-state index contributed by atoms with van der Waals surface area (Å²) in [6, 6.07) is 9.74. The average Bonchev–Trinajstić information content (AvgIpc) is 3.24. The zero-order valence-corrected chi connectivity index (χ0v) is 13.9. The summed E-state index contributed by atoms with van der Waals surface area (Å²) in [5.74, 6) is 0. The van der Waals surface area contributed by atoms with Crippen molar-refractivity contribution in [2.24, 2.45) is 0 Å². The minimum absolute atomic E-state index is 0.192. The molecule has 0 spiro atoms. The number of benzene rings is 1. The Hall–Kier alpha value is -2.80. The Labute approximate surface area is 143 Å². The third-order valence-electron chi connectivity index (χ3n) is 3.50. The summed E-state index contributed by atoms with van der Waals surface area (Å²) < 4.78 is 6.66. The maximum Gasteiger partial charge on any atom is 0.293 e. The monoisotopic (exact) mass is 340 g/mol. The fourth-order valence-corrected chi connectivity index (χ4v) is 3.18. The smallest absolute Gasteiger partial charge is 0.293 e. The summed E-state index contributed by atoms with van der Waals surface area (Å²) in [6.45, 7) is 2.56. The maximum atomic E-state index is 10.6. The molecule has 24 heavy (non-hydrogen) atoms. The first-order chi connectivity index (χ1) is 11.8. The average molecular weight is 340 g/mol. The van der Waals surface area contributed by atoms with Crippen molar-refractivity contribution in [3.63, 3.8) is 0 Å². The van der Waals surface area contributed by atoms with Crippen LogP contribution in [0.25, 0.3) is 12.2 Å². The van der Waals surface area contributed by atoms with Crippen molar-refractivity contribution in [1.29, 1.82) is 0 Å². The Morgan fingerprint density at radius 1 is 1.29 bits per heavy atom. The molecule has 0 aliphatic heterocycles. The highest BCUT2D eigenvalue weighted by molar-refractivity contribution is 7.09. The Balaban J connectivity index is 1.82. The van der Waals surface area contributed by atoms with Gasteiger partial charge in [-0.1, -0.05) is 41.6 Å². The SMILES string of the molecule is Cc1ncsc1C(COC=O)n1cc(C=Cc2ccccc2)nn1. The van der Waals surface area contributed by atoms with Gasteiger partial charge in [0.25, 0.3) is 6.47 Å². The highest BCUT2D eigenvalue weighted by Gasteiger charge is 2.20. The van der Waals surface area contributed by atoms with Crippen LogP contribution >= 0.6 is 11.3 Å². The van der Waals surface area contributed by atoms with E-state index in [1.165, 1.54) is 11.3 Å². The number of aromatic nitrogens is 4. The molecule has 7 heteroatoms. The van der Waals surface area contributed by atoms with E-state index in [2.05, 4.69) is 15.3 Å². The summed E-state index contributed by atoms with van der Waals surface area (Å²) in [5.41, 5.74) is 4.49. The summed E-state index contributed by atoms with van der Waals surface area (Å²) in [4.78, 5) is 15.8. The molecule has 0 aliphatic carbocycles. The molecule has 1 unspecified atom stereocenters. The Kier molecular flexibility index (Phi) is 5.12. The number of carbonyl (C=O) groups is 1. The van der Waals surface area contributed by atoms with E-state index in [-0.39, 0.29) is 12.6 Å². The number of hydrogen-bond donors (Lipinski definition) is 0. The fraction of sp³-hybridized carbons (Fsp3) is 0.176. The molecular formula is C17H16N4O2S. The van der Waals surface area contributed by atoms with E-state index in [1.807, 2.05) is 55.6 Å². The van der Waals surface area contributed by atoms with E-state index in [9.17, 15) is 4.79 Å². The van der Waals surface area contributed by atoms with Gasteiger partial charge in [-0.15, -0.1) is 16.4 Å². The van der Waals surface area contributed by atoms with Crippen LogP contribution in [0.3, 0.4) is 0 Å². The molecule has 0 N–H and O–H groups in total. The Bertz CT molecular complexity index is 826. The van der Waals surface area contributed by atoms with Crippen LogP contribution in [0.5, 0.6) is 0 Å². The molecule has 1 atom stereocenters. The van der Waals surface area contributed by atoms with Crippen LogP contribution in [0.1, 0.15) is 27.9 Å². The lowest BCUT2D eigenvalue weighted by atomic mass is 10.2. The Morgan fingerprint density at radius 3 is 2.83 bits per heavy atom. The third kappa shape index (κ3) is 3.75. The van der Waals surface area contributed by atoms with Crippen LogP contribution in [0.4, 0.5) is 0 Å². The van der Waals surface area contributed by atoms with Gasteiger partial charge < -0.3 is 4.74 Å². The van der Waals surface area contributed by atoms with E-state index < -0.39 is 0 Å². The number of aryl methyl sites for hydroxylation is 1. The summed E-state index contributed by atoms with van der Waals surface area (Å²) in [7, 11) is 0. The number of nitrogens with zero attached hydrogens (tertiary/aromatic N) is 4. The summed E-state index contributed by atoms with van der Waals surface area (Å²) in [5, 5.41) is 8.34. The predicted molar refractivity (Wildman–Crippen MR) is 92.4 cm³/mol. The van der Waals surface area contributed by atoms with E-state index in [4.69, 9.17) is 4.74 Å². The lowest BCUT2D eigenvalue weighted by Gasteiger charge is -2.14. The van der Waals surface area contributed by atoms with Crippen molar-refractivity contribution < 1.29 is 9.53 Å². The molecular weight excluding hydrogens is 324 g/mol. The van der Waals surface area contributed by atoms with Gasteiger partial charge in [-0.25, -0.2) is 9.67 Å². The van der Waals surface area contributed by atoms with Crippen LogP contribution in [-0.2, 0) is 9.53 Å². The van der Waals surface area contributed by atoms with Crippen LogP contribution in [0, 0.1) is 6.92 Å². The van der Waals surface area contributed by atoms with E-state index in [1.54, 1.807) is 10.2 Å².